The molecule has 0 saturated carbocycles. The van der Waals surface area contributed by atoms with E-state index in [1.165, 1.54) is 25.1 Å². The van der Waals surface area contributed by atoms with Crippen LogP contribution in [0, 0.1) is 12.8 Å². The van der Waals surface area contributed by atoms with Crippen LogP contribution >= 0.6 is 0 Å². The van der Waals surface area contributed by atoms with Crippen molar-refractivity contribution >= 4 is 5.82 Å². The van der Waals surface area contributed by atoms with Crippen LogP contribution in [0.2, 0.25) is 0 Å². The number of anilines is 1. The first-order chi connectivity index (χ1) is 10.8. The Morgan fingerprint density at radius 3 is 2.91 bits per heavy atom. The summed E-state index contributed by atoms with van der Waals surface area (Å²) in [5, 5.41) is 3.42. The van der Waals surface area contributed by atoms with Crippen molar-refractivity contribution in [1.29, 1.82) is 0 Å². The maximum absolute atomic E-state index is 4.44. The Hall–Kier alpha value is -1.94. The fraction of sp³-hybridized carbons (Fsp3) is 0.444. The van der Waals surface area contributed by atoms with Crippen LogP contribution in [-0.4, -0.2) is 41.0 Å². The van der Waals surface area contributed by atoms with Gasteiger partial charge in [0.2, 0.25) is 0 Å². The highest BCUT2D eigenvalue weighted by molar-refractivity contribution is 5.31. The minimum Gasteiger partial charge on any atom is -0.368 e. The standard InChI is InChI=1S/C18H24N4/c1-15-11-19-13-18(21-15)20-12-17-8-10-22(14-17)9-7-16-5-3-2-4-6-16/h2-6,11,13,17H,7-10,12,14H2,1H3,(H,20,21). The summed E-state index contributed by atoms with van der Waals surface area (Å²) in [5.74, 6) is 1.60. The second-order valence-corrected chi connectivity index (χ2v) is 6.12. The first kappa shape index (κ1) is 15.0. The van der Waals surface area contributed by atoms with Gasteiger partial charge in [0.25, 0.3) is 0 Å². The van der Waals surface area contributed by atoms with E-state index >= 15 is 0 Å². The third-order valence-electron chi connectivity index (χ3n) is 4.26. The van der Waals surface area contributed by atoms with E-state index in [-0.39, 0.29) is 0 Å². The fourth-order valence-corrected chi connectivity index (χ4v) is 3.01. The van der Waals surface area contributed by atoms with Gasteiger partial charge in [-0.05, 0) is 37.8 Å². The largest absolute Gasteiger partial charge is 0.368 e. The second-order valence-electron chi connectivity index (χ2n) is 6.12. The van der Waals surface area contributed by atoms with Crippen molar-refractivity contribution in [3.05, 3.63) is 54.0 Å². The molecule has 4 heteroatoms. The van der Waals surface area contributed by atoms with E-state index in [9.17, 15) is 0 Å². The van der Waals surface area contributed by atoms with Crippen molar-refractivity contribution in [3.63, 3.8) is 0 Å². The van der Waals surface area contributed by atoms with Crippen molar-refractivity contribution < 1.29 is 0 Å². The monoisotopic (exact) mass is 296 g/mol. The summed E-state index contributed by atoms with van der Waals surface area (Å²) in [7, 11) is 0. The van der Waals surface area contributed by atoms with Crippen LogP contribution < -0.4 is 5.32 Å². The van der Waals surface area contributed by atoms with Gasteiger partial charge in [-0.2, -0.15) is 0 Å². The normalized spacial score (nSPS) is 18.5. The molecule has 0 spiro atoms. The minimum atomic E-state index is 0.707. The fourth-order valence-electron chi connectivity index (χ4n) is 3.01. The number of nitrogens with one attached hydrogen (secondary N) is 1. The van der Waals surface area contributed by atoms with E-state index in [2.05, 4.69) is 50.5 Å². The molecule has 22 heavy (non-hydrogen) atoms. The predicted molar refractivity (Wildman–Crippen MR) is 90.0 cm³/mol. The Bertz CT molecular complexity index is 585. The zero-order valence-corrected chi connectivity index (χ0v) is 13.2. The summed E-state index contributed by atoms with van der Waals surface area (Å²) in [4.78, 5) is 11.2. The first-order valence-electron chi connectivity index (χ1n) is 8.08. The third kappa shape index (κ3) is 4.28. The van der Waals surface area contributed by atoms with Crippen LogP contribution in [0.1, 0.15) is 17.7 Å². The summed E-state index contributed by atoms with van der Waals surface area (Å²) in [6.07, 6.45) is 5.99. The molecule has 0 amide bonds. The number of aryl methyl sites for hydroxylation is 1. The molecule has 4 nitrogen and oxygen atoms in total. The van der Waals surface area contributed by atoms with E-state index in [4.69, 9.17) is 0 Å². The average molecular weight is 296 g/mol. The van der Waals surface area contributed by atoms with Crippen molar-refractivity contribution in [3.8, 4) is 0 Å². The lowest BCUT2D eigenvalue weighted by Gasteiger charge is -2.16. The number of nitrogens with zero attached hydrogens (tertiary/aromatic N) is 3. The van der Waals surface area contributed by atoms with Gasteiger partial charge >= 0.3 is 0 Å². The second kappa shape index (κ2) is 7.36. The molecule has 3 rings (SSSR count). The van der Waals surface area contributed by atoms with Crippen LogP contribution in [0.15, 0.2) is 42.7 Å². The lowest BCUT2D eigenvalue weighted by Crippen LogP contribution is -2.25. The minimum absolute atomic E-state index is 0.707. The van der Waals surface area contributed by atoms with Crippen molar-refractivity contribution in [2.24, 2.45) is 5.92 Å². The maximum atomic E-state index is 4.44. The maximum Gasteiger partial charge on any atom is 0.144 e. The van der Waals surface area contributed by atoms with Gasteiger partial charge in [0.05, 0.1) is 11.9 Å². The predicted octanol–water partition coefficient (Wildman–Crippen LogP) is 2.76. The third-order valence-corrected chi connectivity index (χ3v) is 4.26. The van der Waals surface area contributed by atoms with E-state index in [0.717, 1.165) is 31.0 Å². The van der Waals surface area contributed by atoms with Gasteiger partial charge in [0.1, 0.15) is 5.82 Å². The summed E-state index contributed by atoms with van der Waals surface area (Å²) in [5.41, 5.74) is 2.39. The molecule has 0 aliphatic carbocycles. The summed E-state index contributed by atoms with van der Waals surface area (Å²) >= 11 is 0. The van der Waals surface area contributed by atoms with Gasteiger partial charge < -0.3 is 10.2 Å². The van der Waals surface area contributed by atoms with Gasteiger partial charge in [-0.3, -0.25) is 4.98 Å². The van der Waals surface area contributed by atoms with Crippen molar-refractivity contribution in [2.45, 2.75) is 19.8 Å². The molecule has 2 aromatic rings. The number of rotatable bonds is 6. The quantitative estimate of drug-likeness (QED) is 0.890. The summed E-state index contributed by atoms with van der Waals surface area (Å²) in [6.45, 7) is 6.50. The van der Waals surface area contributed by atoms with Crippen molar-refractivity contribution in [1.82, 2.24) is 14.9 Å². The Kier molecular flexibility index (Phi) is 5.01. The molecule has 1 saturated heterocycles. The Balaban J connectivity index is 1.40. The van der Waals surface area contributed by atoms with Gasteiger partial charge in [-0.25, -0.2) is 4.98 Å². The van der Waals surface area contributed by atoms with Gasteiger partial charge in [0, 0.05) is 25.8 Å². The van der Waals surface area contributed by atoms with Crippen molar-refractivity contribution in [2.75, 3.05) is 31.5 Å². The van der Waals surface area contributed by atoms with Gasteiger partial charge in [-0.15, -0.1) is 0 Å². The van der Waals surface area contributed by atoms with E-state index in [1.54, 1.807) is 12.4 Å². The Labute approximate surface area is 132 Å². The van der Waals surface area contributed by atoms with Crippen LogP contribution in [0.3, 0.4) is 0 Å². The summed E-state index contributed by atoms with van der Waals surface area (Å²) < 4.78 is 0. The van der Waals surface area contributed by atoms with Crippen LogP contribution in [0.25, 0.3) is 0 Å². The molecule has 1 fully saturated rings. The molecular formula is C18H24N4. The number of hydrogen-bond acceptors (Lipinski definition) is 4. The van der Waals surface area contributed by atoms with Crippen LogP contribution in [-0.2, 0) is 6.42 Å². The highest BCUT2D eigenvalue weighted by atomic mass is 15.1. The average Bonchev–Trinajstić information content (AvgIpc) is 3.00. The molecule has 1 aliphatic rings. The summed E-state index contributed by atoms with van der Waals surface area (Å²) in [6, 6.07) is 10.7. The van der Waals surface area contributed by atoms with E-state index in [0.29, 0.717) is 5.92 Å². The molecule has 2 heterocycles. The number of benzene rings is 1. The Morgan fingerprint density at radius 2 is 2.09 bits per heavy atom. The molecule has 1 aliphatic heterocycles. The van der Waals surface area contributed by atoms with Crippen LogP contribution in [0.5, 0.6) is 0 Å². The highest BCUT2D eigenvalue weighted by Crippen LogP contribution is 2.17. The smallest absolute Gasteiger partial charge is 0.144 e. The molecule has 1 unspecified atom stereocenters. The molecule has 1 atom stereocenters. The topological polar surface area (TPSA) is 41.1 Å². The lowest BCUT2D eigenvalue weighted by atomic mass is 10.1. The molecule has 1 N–H and O–H groups in total. The molecule has 1 aromatic carbocycles. The lowest BCUT2D eigenvalue weighted by molar-refractivity contribution is 0.330. The molecule has 116 valence electrons. The first-order valence-corrected chi connectivity index (χ1v) is 8.08. The number of aromatic nitrogens is 2. The molecule has 0 radical (unpaired) electrons. The zero-order chi connectivity index (χ0) is 15.2. The molecule has 0 bridgehead atoms. The van der Waals surface area contributed by atoms with E-state index in [1.807, 2.05) is 6.92 Å². The van der Waals surface area contributed by atoms with E-state index < -0.39 is 0 Å². The van der Waals surface area contributed by atoms with Crippen LogP contribution in [0.4, 0.5) is 5.82 Å². The Morgan fingerprint density at radius 1 is 1.23 bits per heavy atom. The number of likely N-dealkylation sites (tertiary alicyclic amines) is 1. The van der Waals surface area contributed by atoms with Gasteiger partial charge in [0.15, 0.2) is 0 Å². The SMILES string of the molecule is Cc1cncc(NCC2CCN(CCc3ccccc3)C2)n1. The zero-order valence-electron chi connectivity index (χ0n) is 13.2. The highest BCUT2D eigenvalue weighted by Gasteiger charge is 2.21. The molecular weight excluding hydrogens is 272 g/mol. The molecule has 1 aromatic heterocycles. The van der Waals surface area contributed by atoms with Gasteiger partial charge in [-0.1, -0.05) is 30.3 Å². The number of hydrogen-bond donors (Lipinski definition) is 1.